The van der Waals surface area contributed by atoms with Gasteiger partial charge >= 0.3 is 11.7 Å². The molecule has 0 radical (unpaired) electrons. The molecule has 2 saturated heterocycles. The van der Waals surface area contributed by atoms with Crippen molar-refractivity contribution >= 4 is 5.97 Å². The Morgan fingerprint density at radius 1 is 1.41 bits per heavy atom. The number of nitrogens with one attached hydrogen (secondary N) is 1. The van der Waals surface area contributed by atoms with Crippen LogP contribution in [0, 0.1) is 5.82 Å². The molecular formula is C16H21FN2O8. The molecule has 11 heteroatoms. The first-order valence-electron chi connectivity index (χ1n) is 8.56. The molecule has 3 heterocycles. The van der Waals surface area contributed by atoms with E-state index in [1.807, 2.05) is 4.98 Å². The second-order valence-electron chi connectivity index (χ2n) is 6.50. The van der Waals surface area contributed by atoms with Crippen LogP contribution in [0.5, 0.6) is 0 Å². The summed E-state index contributed by atoms with van der Waals surface area (Å²) in [5, 5.41) is 9.55. The van der Waals surface area contributed by atoms with Gasteiger partial charge in [0.15, 0.2) is 12.0 Å². The number of aromatic amines is 1. The molecule has 0 bridgehead atoms. The average molecular weight is 388 g/mol. The maximum Gasteiger partial charge on any atom is 0.330 e. The van der Waals surface area contributed by atoms with Crippen molar-refractivity contribution in [3.63, 3.8) is 0 Å². The minimum absolute atomic E-state index is 0.0479. The lowest BCUT2D eigenvalue weighted by molar-refractivity contribution is -0.215. The van der Waals surface area contributed by atoms with Crippen LogP contribution in [0.4, 0.5) is 4.39 Å². The molecule has 0 aromatic carbocycles. The molecule has 5 atom stereocenters. The molecule has 27 heavy (non-hydrogen) atoms. The number of halogens is 1. The number of carbonyl (C=O) groups excluding carboxylic acids is 1. The smallest absolute Gasteiger partial charge is 0.330 e. The summed E-state index contributed by atoms with van der Waals surface area (Å²) in [6, 6.07) is 0. The highest BCUT2D eigenvalue weighted by Crippen LogP contribution is 2.44. The Hall–Kier alpha value is -2.08. The van der Waals surface area contributed by atoms with Gasteiger partial charge in [-0.1, -0.05) is 0 Å². The molecular weight excluding hydrogens is 367 g/mol. The van der Waals surface area contributed by atoms with Crippen LogP contribution in [0.1, 0.15) is 32.9 Å². The van der Waals surface area contributed by atoms with Crippen LogP contribution in [0.15, 0.2) is 15.8 Å². The van der Waals surface area contributed by atoms with E-state index in [2.05, 4.69) is 0 Å². The molecule has 3 rings (SSSR count). The number of hydrogen-bond acceptors (Lipinski definition) is 8. The van der Waals surface area contributed by atoms with Gasteiger partial charge in [0, 0.05) is 6.42 Å². The number of nitrogens with zero attached hydrogens (tertiary/aromatic N) is 1. The van der Waals surface area contributed by atoms with E-state index in [0.29, 0.717) is 0 Å². The summed E-state index contributed by atoms with van der Waals surface area (Å²) in [7, 11) is 0. The average Bonchev–Trinajstić information content (AvgIpc) is 3.11. The fourth-order valence-electron chi connectivity index (χ4n) is 3.28. The van der Waals surface area contributed by atoms with Crippen LogP contribution in [0.3, 0.4) is 0 Å². The number of H-pyrrole nitrogens is 1. The molecule has 2 aliphatic heterocycles. The summed E-state index contributed by atoms with van der Waals surface area (Å²) in [4.78, 5) is 36.7. The summed E-state index contributed by atoms with van der Waals surface area (Å²) in [6.45, 7) is 3.15. The van der Waals surface area contributed by atoms with Crippen LogP contribution in [0.2, 0.25) is 0 Å². The second kappa shape index (κ2) is 7.50. The van der Waals surface area contributed by atoms with Gasteiger partial charge in [0.1, 0.15) is 18.3 Å². The molecule has 10 nitrogen and oxygen atoms in total. The van der Waals surface area contributed by atoms with Gasteiger partial charge in [-0.15, -0.1) is 0 Å². The number of aliphatic hydroxyl groups is 1. The highest BCUT2D eigenvalue weighted by atomic mass is 19.1. The lowest BCUT2D eigenvalue weighted by Gasteiger charge is -2.27. The second-order valence-corrected chi connectivity index (χ2v) is 6.50. The minimum atomic E-state index is -1.18. The van der Waals surface area contributed by atoms with Gasteiger partial charge in [0.25, 0.3) is 5.56 Å². The zero-order chi connectivity index (χ0) is 19.8. The molecule has 2 fully saturated rings. The lowest BCUT2D eigenvalue weighted by Crippen LogP contribution is -2.38. The summed E-state index contributed by atoms with van der Waals surface area (Å²) in [6.07, 6.45) is -2.58. The number of carbonyl (C=O) groups is 1. The fourth-order valence-corrected chi connectivity index (χ4v) is 3.28. The highest BCUT2D eigenvalue weighted by Gasteiger charge is 2.57. The number of rotatable bonds is 6. The quantitative estimate of drug-likeness (QED) is 0.619. The molecule has 150 valence electrons. The van der Waals surface area contributed by atoms with Crippen molar-refractivity contribution < 1.29 is 33.2 Å². The number of ether oxygens (including phenoxy) is 4. The third-order valence-corrected chi connectivity index (χ3v) is 4.52. The van der Waals surface area contributed by atoms with Gasteiger partial charge in [-0.3, -0.25) is 19.1 Å². The van der Waals surface area contributed by atoms with E-state index in [1.165, 1.54) is 0 Å². The standard InChI is InChI=1S/C16H21FN2O8/c1-3-24-10(21)4-5-16(2)26-11-9(7-20)25-14(12(11)27-16)19-6-8(17)13(22)18-15(19)23/h6,9,11-12,14,20H,3-5,7H2,1-2H3,(H,18,22,23)/t9-,11?,12?,14-,16?/m1/s1. The van der Waals surface area contributed by atoms with Crippen LogP contribution >= 0.6 is 0 Å². The van der Waals surface area contributed by atoms with Crippen molar-refractivity contribution in [3.05, 3.63) is 32.9 Å². The Kier molecular flexibility index (Phi) is 5.47. The van der Waals surface area contributed by atoms with E-state index >= 15 is 0 Å². The first-order valence-corrected chi connectivity index (χ1v) is 8.56. The minimum Gasteiger partial charge on any atom is -0.466 e. The zero-order valence-corrected chi connectivity index (χ0v) is 14.8. The van der Waals surface area contributed by atoms with E-state index in [4.69, 9.17) is 18.9 Å². The predicted octanol–water partition coefficient (Wildman–Crippen LogP) is -0.591. The van der Waals surface area contributed by atoms with Crippen molar-refractivity contribution in [1.82, 2.24) is 9.55 Å². The van der Waals surface area contributed by atoms with E-state index in [0.717, 1.165) is 10.8 Å². The normalized spacial score (nSPS) is 32.4. The topological polar surface area (TPSA) is 129 Å². The number of esters is 1. The Bertz CT molecular complexity index is 823. The number of hydrogen-bond donors (Lipinski definition) is 2. The van der Waals surface area contributed by atoms with E-state index in [1.54, 1.807) is 13.8 Å². The molecule has 2 N–H and O–H groups in total. The van der Waals surface area contributed by atoms with Crippen molar-refractivity contribution in [2.24, 2.45) is 0 Å². The molecule has 0 aliphatic carbocycles. The lowest BCUT2D eigenvalue weighted by atomic mass is 10.1. The summed E-state index contributed by atoms with van der Waals surface area (Å²) >= 11 is 0. The van der Waals surface area contributed by atoms with Gasteiger partial charge in [-0.25, -0.2) is 4.79 Å². The van der Waals surface area contributed by atoms with Crippen LogP contribution in [-0.2, 0) is 23.7 Å². The first-order chi connectivity index (χ1) is 12.8. The molecule has 0 saturated carbocycles. The number of aliphatic hydroxyl groups excluding tert-OH is 1. The summed E-state index contributed by atoms with van der Waals surface area (Å²) < 4.78 is 36.7. The van der Waals surface area contributed by atoms with Crippen molar-refractivity contribution in [2.75, 3.05) is 13.2 Å². The van der Waals surface area contributed by atoms with E-state index < -0.39 is 60.0 Å². The third kappa shape index (κ3) is 3.81. The maximum absolute atomic E-state index is 13.6. The van der Waals surface area contributed by atoms with Crippen LogP contribution in [0.25, 0.3) is 0 Å². The predicted molar refractivity (Wildman–Crippen MR) is 86.3 cm³/mol. The van der Waals surface area contributed by atoms with Gasteiger partial charge in [-0.2, -0.15) is 4.39 Å². The molecule has 3 unspecified atom stereocenters. The van der Waals surface area contributed by atoms with Gasteiger partial charge in [0.05, 0.1) is 25.8 Å². The van der Waals surface area contributed by atoms with Crippen LogP contribution < -0.4 is 11.2 Å². The summed E-state index contributed by atoms with van der Waals surface area (Å²) in [5.74, 6) is -2.75. The van der Waals surface area contributed by atoms with Crippen molar-refractivity contribution in [2.45, 2.75) is 57.0 Å². The van der Waals surface area contributed by atoms with Crippen molar-refractivity contribution in [1.29, 1.82) is 0 Å². The SMILES string of the molecule is CCOC(=O)CCC1(C)OC2C(O1)[C@@H](CO)O[C@H]2n1cc(F)c(=O)[nH]c1=O. The molecule has 1 aromatic heterocycles. The van der Waals surface area contributed by atoms with Gasteiger partial charge in [-0.05, 0) is 13.8 Å². The van der Waals surface area contributed by atoms with E-state index in [-0.39, 0.29) is 19.4 Å². The first kappa shape index (κ1) is 19.7. The third-order valence-electron chi connectivity index (χ3n) is 4.52. The highest BCUT2D eigenvalue weighted by molar-refractivity contribution is 5.69. The Morgan fingerprint density at radius 3 is 2.78 bits per heavy atom. The molecule has 0 spiro atoms. The van der Waals surface area contributed by atoms with Crippen LogP contribution in [-0.4, -0.2) is 57.9 Å². The molecule has 0 amide bonds. The fraction of sp³-hybridized carbons (Fsp3) is 0.688. The van der Waals surface area contributed by atoms with Crippen molar-refractivity contribution in [3.8, 4) is 0 Å². The Balaban J connectivity index is 1.82. The Morgan fingerprint density at radius 2 is 2.11 bits per heavy atom. The largest absolute Gasteiger partial charge is 0.466 e. The molecule has 2 aliphatic rings. The summed E-state index contributed by atoms with van der Waals surface area (Å²) in [5.41, 5.74) is -2.03. The monoisotopic (exact) mass is 388 g/mol. The molecule has 1 aromatic rings. The van der Waals surface area contributed by atoms with E-state index in [9.17, 15) is 23.9 Å². The number of fused-ring (bicyclic) bond motifs is 1. The maximum atomic E-state index is 13.6. The van der Waals surface area contributed by atoms with Gasteiger partial charge in [0.2, 0.25) is 5.82 Å². The van der Waals surface area contributed by atoms with Gasteiger partial charge < -0.3 is 24.1 Å². The zero-order valence-electron chi connectivity index (χ0n) is 14.8. The Labute approximate surface area is 152 Å². The number of aromatic nitrogens is 2.